The molecule has 2 bridgehead atoms. The number of benzene rings is 2. The smallest absolute Gasteiger partial charge is 0.329 e. The molecule has 0 spiro atoms. The highest BCUT2D eigenvalue weighted by Gasteiger charge is 2.53. The zero-order chi connectivity index (χ0) is 96.5. The van der Waals surface area contributed by atoms with Gasteiger partial charge in [-0.3, -0.25) is 24.0 Å². The molecule has 5 aromatic rings. The SMILES string of the molecule is CCCOCCOCCOCCOCCOCC.CCOCCOCCC(=O)N1CCc2cc(Cn3nc(-c4ccc5oc(N)nc5c4)c4c(N(C)C)ncnc43)ccc2C1.COCCCC(=O)O[C@@H]1CC[C@@H](C[C@@H](C)[C@@H]2C[C@@H](O)[C@H](C)/C=C(\C)[C@@H](O)[C@@H](OC)C(=O)[C@H](C)C[C@H](C)/C=C/C=C/C=C(\C)[C@@H](OC)C[C@@H]3CC[C@@H](C)[C@@](O)(O3)C(=O)C(=O)N3CCCC[C@H]3C(=O)O2)C[C@H]1OC. The lowest BCUT2D eigenvalue weighted by Crippen LogP contribution is -2.61. The molecule has 3 aromatic heterocycles. The van der Waals surface area contributed by atoms with Crippen molar-refractivity contribution in [2.45, 2.75) is 252 Å². The van der Waals surface area contributed by atoms with Gasteiger partial charge in [-0.1, -0.05) is 96.2 Å². The van der Waals surface area contributed by atoms with Crippen molar-refractivity contribution in [3.05, 3.63) is 107 Å². The van der Waals surface area contributed by atoms with Crippen LogP contribution in [0.3, 0.4) is 0 Å². The molecule has 33 heteroatoms. The van der Waals surface area contributed by atoms with Gasteiger partial charge in [-0.15, -0.1) is 0 Å². The Bertz CT molecular complexity index is 4500. The molecular formula is C100H153N9O24. The quantitative estimate of drug-likeness (QED) is 0.0124. The molecule has 0 radical (unpaired) electrons. The lowest BCUT2D eigenvalue weighted by Gasteiger charge is -2.43. The number of nitrogens with two attached hydrogens (primary N) is 1. The van der Waals surface area contributed by atoms with Crippen LogP contribution in [0, 0.1) is 35.5 Å². The number of hydrogen-bond donors (Lipinski definition) is 4. The largest absolute Gasteiger partial charge is 0.460 e. The van der Waals surface area contributed by atoms with Gasteiger partial charge in [0, 0.05) is 131 Å². The summed E-state index contributed by atoms with van der Waals surface area (Å²) in [5.41, 5.74) is 14.3. The molecule has 33 nitrogen and oxygen atoms in total. The van der Waals surface area contributed by atoms with E-state index in [4.69, 9.17) is 81.6 Å². The number of aliphatic hydroxyl groups excluding tert-OH is 2. The summed E-state index contributed by atoms with van der Waals surface area (Å²) >= 11 is 0. The van der Waals surface area contributed by atoms with Crippen LogP contribution < -0.4 is 10.6 Å². The number of Topliss-reactive ketones (excluding diaryl/α,β-unsaturated/α-hetero) is 2. The third-order valence-electron chi connectivity index (χ3n) is 25.3. The summed E-state index contributed by atoms with van der Waals surface area (Å²) in [4.78, 5) is 101. The fourth-order valence-corrected chi connectivity index (χ4v) is 17.6. The zero-order valence-corrected chi connectivity index (χ0v) is 81.7. The minimum absolute atomic E-state index is 0.0103. The molecule has 10 rings (SSSR count). The van der Waals surface area contributed by atoms with Gasteiger partial charge in [0.1, 0.15) is 53.8 Å². The summed E-state index contributed by atoms with van der Waals surface area (Å²) in [6, 6.07) is 11.2. The van der Waals surface area contributed by atoms with Crippen LogP contribution in [0.2, 0.25) is 0 Å². The number of hydrogen-bond acceptors (Lipinski definition) is 30. The number of cyclic esters (lactones) is 1. The number of esters is 2. The van der Waals surface area contributed by atoms with E-state index in [-0.39, 0.29) is 73.3 Å². The summed E-state index contributed by atoms with van der Waals surface area (Å²) in [5.74, 6) is -6.93. The highest BCUT2D eigenvalue weighted by atomic mass is 16.6. The Hall–Kier alpha value is -8.36. The summed E-state index contributed by atoms with van der Waals surface area (Å²) in [6.07, 6.45) is 15.2. The van der Waals surface area contributed by atoms with Gasteiger partial charge in [0.25, 0.3) is 17.7 Å². The van der Waals surface area contributed by atoms with Gasteiger partial charge in [-0.25, -0.2) is 19.4 Å². The maximum absolute atomic E-state index is 14.6. The standard InChI is InChI=1S/C56H89NO15.C31H36N8O4.C13H28O5/c1-34-18-13-12-14-19-35(2)46(67-9)32-42-24-22-40(7)56(65,72-42)53(62)54(63)57-26-16-15-20-43(57)55(64)71-47(33-44(58)36(3)29-39(6)51(61)52(69-11)50(60)38(5)28-34)37(4)30-41-23-25-45(48(31-41)68-10)70-49(59)21-17-27-66-8;1-4-41-13-14-42-12-10-26(40)38-11-9-21-15-20(5-6-23(21)18-38)17-39-30-27(29(37(2)3)33-19-34-30)28(36-39)22-7-8-25-24(16-22)35-31(32)43-25;1-3-5-15-8-9-17-12-13-18-11-10-16-7-6-14-4-2/h12-14,18-19,29,34,36-38,40-48,51-52,58,61,65H,15-17,20-28,30-33H2,1-11H3;5-8,15-16,19H,4,9-14,17-18H2,1-3H3,(H2,32,35);3-13H2,1-2H3/b14-12+,18-13+,35-19+,39-29+;;/t34-,36-,37-,38-,40-,41+,42+,43+,44-,45-,46+,47+,48-,51-,52+,56-;;/m1../s1. The molecule has 742 valence electrons. The number of amides is 2. The van der Waals surface area contributed by atoms with Gasteiger partial charge in [0.15, 0.2) is 17.0 Å². The average Bonchev–Trinajstić information content (AvgIpc) is 1.59. The Kier molecular flexibility index (Phi) is 47.6. The van der Waals surface area contributed by atoms with Crippen LogP contribution in [0.25, 0.3) is 33.4 Å². The van der Waals surface area contributed by atoms with Crippen molar-refractivity contribution in [1.29, 1.82) is 0 Å². The second kappa shape index (κ2) is 57.6. The second-order valence-corrected chi connectivity index (χ2v) is 35.8. The number of rotatable bonds is 37. The van der Waals surface area contributed by atoms with E-state index in [2.05, 4.69) is 40.1 Å². The highest BCUT2D eigenvalue weighted by molar-refractivity contribution is 6.39. The second-order valence-electron chi connectivity index (χ2n) is 35.8. The molecule has 1 saturated carbocycles. The first-order chi connectivity index (χ1) is 64.0. The predicted molar refractivity (Wildman–Crippen MR) is 505 cm³/mol. The van der Waals surface area contributed by atoms with Gasteiger partial charge >= 0.3 is 11.9 Å². The number of fused-ring (bicyclic) bond motifs is 6. The van der Waals surface area contributed by atoms with E-state index in [1.165, 1.54) is 23.1 Å². The van der Waals surface area contributed by atoms with Gasteiger partial charge in [-0.05, 0) is 175 Å². The number of carbonyl (C=O) groups is 6. The van der Waals surface area contributed by atoms with Crippen LogP contribution >= 0.6 is 0 Å². The van der Waals surface area contributed by atoms with E-state index in [1.54, 1.807) is 54.5 Å². The van der Waals surface area contributed by atoms with Crippen LogP contribution in [0.1, 0.15) is 189 Å². The number of nitrogens with zero attached hydrogens (tertiary/aromatic N) is 8. The van der Waals surface area contributed by atoms with Crippen molar-refractivity contribution in [1.82, 2.24) is 34.5 Å². The number of oxazole rings is 1. The molecule has 4 aliphatic heterocycles. The monoisotopic (exact) mass is 1860 g/mol. The van der Waals surface area contributed by atoms with Crippen LogP contribution in [0.5, 0.6) is 0 Å². The fourth-order valence-electron chi connectivity index (χ4n) is 17.6. The lowest BCUT2D eigenvalue weighted by atomic mass is 9.78. The summed E-state index contributed by atoms with van der Waals surface area (Å²) < 4.78 is 85.4. The number of piperidine rings is 1. The molecule has 2 amide bonds. The fraction of sp³-hybridized carbons (Fsp3) is 0.680. The zero-order valence-electron chi connectivity index (χ0n) is 81.7. The minimum atomic E-state index is -2.44. The molecule has 5 aliphatic rings. The Balaban J connectivity index is 0.000000297. The molecule has 16 atom stereocenters. The molecule has 2 saturated heterocycles. The summed E-state index contributed by atoms with van der Waals surface area (Å²) in [6.45, 7) is 29.9. The van der Waals surface area contributed by atoms with Crippen molar-refractivity contribution < 1.29 is 115 Å². The van der Waals surface area contributed by atoms with E-state index < -0.39 is 90.0 Å². The summed E-state index contributed by atoms with van der Waals surface area (Å²) in [7, 11) is 10.1. The molecule has 7 heterocycles. The van der Waals surface area contributed by atoms with Crippen molar-refractivity contribution in [2.24, 2.45) is 35.5 Å². The van der Waals surface area contributed by atoms with Crippen LogP contribution in [-0.2, 0) is 115 Å². The Morgan fingerprint density at radius 1 is 0.707 bits per heavy atom. The number of anilines is 2. The van der Waals surface area contributed by atoms with Crippen molar-refractivity contribution >= 4 is 69.3 Å². The van der Waals surface area contributed by atoms with E-state index in [1.807, 2.05) is 119 Å². The van der Waals surface area contributed by atoms with E-state index in [0.29, 0.717) is 199 Å². The molecule has 3 fully saturated rings. The number of allylic oxidation sites excluding steroid dienone is 5. The van der Waals surface area contributed by atoms with Crippen molar-refractivity contribution in [3.63, 3.8) is 0 Å². The number of ketones is 2. The average molecular weight is 1870 g/mol. The van der Waals surface area contributed by atoms with E-state index in [0.717, 1.165) is 65.3 Å². The molecule has 2 aromatic carbocycles. The topological polar surface area (TPSA) is 398 Å². The first-order valence-corrected chi connectivity index (χ1v) is 47.8. The minimum Gasteiger partial charge on any atom is -0.460 e. The Labute approximate surface area is 786 Å². The predicted octanol–water partition coefficient (Wildman–Crippen LogP) is 12.1. The van der Waals surface area contributed by atoms with Gasteiger partial charge in [0.05, 0.1) is 115 Å². The molecule has 5 N–H and O–H groups in total. The van der Waals surface area contributed by atoms with Crippen LogP contribution in [0.15, 0.2) is 94.7 Å². The highest BCUT2D eigenvalue weighted by Crippen LogP contribution is 2.41. The molecule has 133 heavy (non-hydrogen) atoms. The first kappa shape index (κ1) is 110. The molecular weight excluding hydrogens is 1710 g/mol. The maximum Gasteiger partial charge on any atom is 0.329 e. The number of carbonyl (C=O) groups excluding carboxylic acids is 6. The van der Waals surface area contributed by atoms with E-state index >= 15 is 0 Å². The third kappa shape index (κ3) is 33.8. The van der Waals surface area contributed by atoms with Gasteiger partial charge in [-0.2, -0.15) is 10.1 Å². The molecule has 1 aliphatic carbocycles. The van der Waals surface area contributed by atoms with Crippen LogP contribution in [-0.4, -0.2) is 301 Å². The normalized spacial score (nSPS) is 26.6. The van der Waals surface area contributed by atoms with E-state index in [9.17, 15) is 44.1 Å². The van der Waals surface area contributed by atoms with Crippen molar-refractivity contribution in [3.8, 4) is 11.3 Å². The Morgan fingerprint density at radius 3 is 2.06 bits per heavy atom. The number of nitrogen functional groups attached to an aromatic ring is 1. The number of aliphatic hydroxyl groups is 3. The lowest BCUT2D eigenvalue weighted by molar-refractivity contribution is -0.265. The summed E-state index contributed by atoms with van der Waals surface area (Å²) in [5, 5.41) is 41.4. The van der Waals surface area contributed by atoms with Gasteiger partial charge in [0.2, 0.25) is 11.7 Å². The van der Waals surface area contributed by atoms with Gasteiger partial charge < -0.3 is 106 Å². The number of methoxy groups -OCH3 is 4. The third-order valence-corrected chi connectivity index (χ3v) is 25.3. The molecule has 0 unspecified atom stereocenters. The first-order valence-electron chi connectivity index (χ1n) is 47.8. The Morgan fingerprint density at radius 2 is 1.40 bits per heavy atom. The number of ether oxygens (including phenoxy) is 14. The van der Waals surface area contributed by atoms with Crippen molar-refractivity contribution in [2.75, 3.05) is 165 Å². The van der Waals surface area contributed by atoms with Crippen LogP contribution in [0.4, 0.5) is 11.8 Å². The number of aromatic nitrogens is 5. The maximum atomic E-state index is 14.6.